The number of para-hydroxylation sites is 1. The zero-order chi connectivity index (χ0) is 15.6. The third kappa shape index (κ3) is 3.37. The van der Waals surface area contributed by atoms with Gasteiger partial charge >= 0.3 is 0 Å². The Bertz CT molecular complexity index is 724. The van der Waals surface area contributed by atoms with Crippen molar-refractivity contribution in [1.82, 2.24) is 0 Å². The average molecular weight is 312 g/mol. The molecule has 0 amide bonds. The maximum atomic E-state index is 13.5. The van der Waals surface area contributed by atoms with Crippen molar-refractivity contribution >= 4 is 15.7 Å². The molecule has 1 unspecified atom stereocenters. The first-order valence-electron chi connectivity index (χ1n) is 6.13. The van der Waals surface area contributed by atoms with Gasteiger partial charge in [0.05, 0.1) is 4.90 Å². The molecule has 2 rings (SSSR count). The standard InChI is InChI=1S/C14H14F2N2O2S/c1-9(17)10-5-7-11(8-6-10)21(19,20)18-14-12(15)3-2-4-13(14)16/h2-9,18H,17H2,1H3. The van der Waals surface area contributed by atoms with E-state index in [0.29, 0.717) is 0 Å². The van der Waals surface area contributed by atoms with Crippen LogP contribution in [0.15, 0.2) is 47.4 Å². The van der Waals surface area contributed by atoms with Crippen LogP contribution in [0.1, 0.15) is 18.5 Å². The van der Waals surface area contributed by atoms with Crippen LogP contribution in [0.2, 0.25) is 0 Å². The fraction of sp³-hybridized carbons (Fsp3) is 0.143. The van der Waals surface area contributed by atoms with Gasteiger partial charge in [-0.2, -0.15) is 0 Å². The molecule has 2 aromatic carbocycles. The number of sulfonamides is 1. The van der Waals surface area contributed by atoms with E-state index >= 15 is 0 Å². The Morgan fingerprint density at radius 2 is 1.57 bits per heavy atom. The molecule has 0 heterocycles. The maximum absolute atomic E-state index is 13.5. The van der Waals surface area contributed by atoms with Crippen molar-refractivity contribution in [2.45, 2.75) is 17.9 Å². The molecule has 0 aliphatic carbocycles. The SMILES string of the molecule is CC(N)c1ccc(S(=O)(=O)Nc2c(F)cccc2F)cc1. The van der Waals surface area contributed by atoms with Crippen LogP contribution in [-0.4, -0.2) is 8.42 Å². The van der Waals surface area contributed by atoms with Crippen LogP contribution in [0.5, 0.6) is 0 Å². The summed E-state index contributed by atoms with van der Waals surface area (Å²) in [6.45, 7) is 1.76. The van der Waals surface area contributed by atoms with Gasteiger partial charge in [-0.05, 0) is 36.8 Å². The first-order chi connectivity index (χ1) is 9.81. The molecule has 0 saturated heterocycles. The number of halogens is 2. The topological polar surface area (TPSA) is 72.2 Å². The minimum absolute atomic E-state index is 0.102. The third-order valence-corrected chi connectivity index (χ3v) is 4.28. The monoisotopic (exact) mass is 312 g/mol. The largest absolute Gasteiger partial charge is 0.324 e. The lowest BCUT2D eigenvalue weighted by molar-refractivity contribution is 0.583. The molecule has 2 aromatic rings. The summed E-state index contributed by atoms with van der Waals surface area (Å²) in [6.07, 6.45) is 0. The van der Waals surface area contributed by atoms with Gasteiger partial charge in [-0.1, -0.05) is 18.2 Å². The Morgan fingerprint density at radius 3 is 2.05 bits per heavy atom. The predicted octanol–water partition coefficient (Wildman–Crippen LogP) is 2.79. The minimum Gasteiger partial charge on any atom is -0.324 e. The lowest BCUT2D eigenvalue weighted by Crippen LogP contribution is -2.15. The lowest BCUT2D eigenvalue weighted by atomic mass is 10.1. The van der Waals surface area contributed by atoms with E-state index in [9.17, 15) is 17.2 Å². The van der Waals surface area contributed by atoms with E-state index in [-0.39, 0.29) is 10.9 Å². The molecule has 21 heavy (non-hydrogen) atoms. The molecule has 0 radical (unpaired) electrons. The summed E-state index contributed by atoms with van der Waals surface area (Å²) in [5, 5.41) is 0. The number of rotatable bonds is 4. The Kier molecular flexibility index (Phi) is 4.24. The van der Waals surface area contributed by atoms with Crippen molar-refractivity contribution in [2.24, 2.45) is 5.73 Å². The van der Waals surface area contributed by atoms with Gasteiger partial charge in [-0.15, -0.1) is 0 Å². The Labute approximate surface area is 121 Å². The van der Waals surface area contributed by atoms with Crippen LogP contribution < -0.4 is 10.5 Å². The quantitative estimate of drug-likeness (QED) is 0.912. The van der Waals surface area contributed by atoms with Crippen molar-refractivity contribution in [3.8, 4) is 0 Å². The summed E-state index contributed by atoms with van der Waals surface area (Å²) in [4.78, 5) is -0.102. The number of nitrogens with two attached hydrogens (primary N) is 1. The van der Waals surface area contributed by atoms with Crippen LogP contribution in [0.25, 0.3) is 0 Å². The predicted molar refractivity (Wildman–Crippen MR) is 76.2 cm³/mol. The van der Waals surface area contributed by atoms with Gasteiger partial charge in [0.15, 0.2) is 0 Å². The molecule has 112 valence electrons. The Balaban J connectivity index is 2.34. The van der Waals surface area contributed by atoms with Gasteiger partial charge in [-0.3, -0.25) is 4.72 Å². The molecule has 0 saturated carbocycles. The molecule has 0 bridgehead atoms. The second-order valence-corrected chi connectivity index (χ2v) is 6.24. The van der Waals surface area contributed by atoms with E-state index < -0.39 is 27.3 Å². The molecule has 4 nitrogen and oxygen atoms in total. The molecule has 3 N–H and O–H groups in total. The molecule has 0 spiro atoms. The van der Waals surface area contributed by atoms with Crippen LogP contribution >= 0.6 is 0 Å². The van der Waals surface area contributed by atoms with Crippen LogP contribution in [-0.2, 0) is 10.0 Å². The molecule has 7 heteroatoms. The average Bonchev–Trinajstić information content (AvgIpc) is 2.43. The van der Waals surface area contributed by atoms with Crippen LogP contribution in [0.3, 0.4) is 0 Å². The van der Waals surface area contributed by atoms with Crippen molar-refractivity contribution < 1.29 is 17.2 Å². The second kappa shape index (κ2) is 5.79. The number of hydrogen-bond acceptors (Lipinski definition) is 3. The van der Waals surface area contributed by atoms with E-state index in [0.717, 1.165) is 23.8 Å². The summed E-state index contributed by atoms with van der Waals surface area (Å²) < 4.78 is 53.1. The fourth-order valence-corrected chi connectivity index (χ4v) is 2.82. The lowest BCUT2D eigenvalue weighted by Gasteiger charge is -2.11. The van der Waals surface area contributed by atoms with Crippen molar-refractivity contribution in [3.05, 3.63) is 59.7 Å². The van der Waals surface area contributed by atoms with Gasteiger partial charge in [0.2, 0.25) is 0 Å². The molecular formula is C14H14F2N2O2S. The summed E-state index contributed by atoms with van der Waals surface area (Å²) >= 11 is 0. The Hall–Kier alpha value is -1.99. The van der Waals surface area contributed by atoms with Gasteiger partial charge in [-0.25, -0.2) is 17.2 Å². The van der Waals surface area contributed by atoms with Crippen LogP contribution in [0, 0.1) is 11.6 Å². The zero-order valence-electron chi connectivity index (χ0n) is 11.2. The van der Waals surface area contributed by atoms with Crippen molar-refractivity contribution in [1.29, 1.82) is 0 Å². The van der Waals surface area contributed by atoms with Gasteiger partial charge < -0.3 is 5.73 Å². The fourth-order valence-electron chi connectivity index (χ4n) is 1.74. The summed E-state index contributed by atoms with van der Waals surface area (Å²) in [7, 11) is -4.07. The highest BCUT2D eigenvalue weighted by Crippen LogP contribution is 2.23. The van der Waals surface area contributed by atoms with Gasteiger partial charge in [0.1, 0.15) is 17.3 Å². The first-order valence-corrected chi connectivity index (χ1v) is 7.62. The molecule has 0 aromatic heterocycles. The minimum atomic E-state index is -4.07. The molecule has 0 fully saturated rings. The summed E-state index contributed by atoms with van der Waals surface area (Å²) in [5.74, 6) is -1.96. The third-order valence-electron chi connectivity index (χ3n) is 2.92. The maximum Gasteiger partial charge on any atom is 0.262 e. The number of nitrogens with one attached hydrogen (secondary N) is 1. The van der Waals surface area contributed by atoms with E-state index in [2.05, 4.69) is 0 Å². The second-order valence-electron chi connectivity index (χ2n) is 4.56. The number of benzene rings is 2. The first kappa shape index (κ1) is 15.4. The highest BCUT2D eigenvalue weighted by Gasteiger charge is 2.19. The van der Waals surface area contributed by atoms with E-state index in [1.54, 1.807) is 19.1 Å². The van der Waals surface area contributed by atoms with E-state index in [1.165, 1.54) is 12.1 Å². The highest BCUT2D eigenvalue weighted by molar-refractivity contribution is 7.92. The normalized spacial score (nSPS) is 13.0. The van der Waals surface area contributed by atoms with E-state index in [4.69, 9.17) is 5.73 Å². The smallest absolute Gasteiger partial charge is 0.262 e. The Morgan fingerprint density at radius 1 is 1.05 bits per heavy atom. The van der Waals surface area contributed by atoms with Crippen molar-refractivity contribution in [3.63, 3.8) is 0 Å². The van der Waals surface area contributed by atoms with Gasteiger partial charge in [0.25, 0.3) is 10.0 Å². The highest BCUT2D eigenvalue weighted by atomic mass is 32.2. The molecular weight excluding hydrogens is 298 g/mol. The summed E-state index contributed by atoms with van der Waals surface area (Å²) in [5.41, 5.74) is 5.73. The number of hydrogen-bond donors (Lipinski definition) is 2. The number of anilines is 1. The van der Waals surface area contributed by atoms with E-state index in [1.807, 2.05) is 4.72 Å². The molecule has 0 aliphatic heterocycles. The molecule has 0 aliphatic rings. The molecule has 1 atom stereocenters. The van der Waals surface area contributed by atoms with Crippen molar-refractivity contribution in [2.75, 3.05) is 4.72 Å². The van der Waals surface area contributed by atoms with Gasteiger partial charge in [0, 0.05) is 6.04 Å². The summed E-state index contributed by atoms with van der Waals surface area (Å²) in [6, 6.07) is 8.63. The zero-order valence-corrected chi connectivity index (χ0v) is 12.0. The van der Waals surface area contributed by atoms with Crippen LogP contribution in [0.4, 0.5) is 14.5 Å².